The first-order valence-corrected chi connectivity index (χ1v) is 2.73. The molecule has 40 valence electrons. The van der Waals surface area contributed by atoms with Gasteiger partial charge in [0.25, 0.3) is 10.1 Å². The Labute approximate surface area is 57.4 Å². The molecule has 0 aromatic heterocycles. The summed E-state index contributed by atoms with van der Waals surface area (Å²) in [6.45, 7) is 0. The smallest absolute Gasteiger partial charge is 0.289 e. The minimum Gasteiger partial charge on any atom is -0.378 e. The minimum atomic E-state index is -4.11. The molecule has 0 aliphatic carbocycles. The van der Waals surface area contributed by atoms with Gasteiger partial charge in [0.2, 0.25) is 0 Å². The lowest BCUT2D eigenvalue weighted by Crippen LogP contribution is -2.00. The Morgan fingerprint density at radius 3 is 1.57 bits per heavy atom. The summed E-state index contributed by atoms with van der Waals surface area (Å²) in [5.74, 6) is -1.20. The van der Waals surface area contributed by atoms with Crippen molar-refractivity contribution in [1.29, 1.82) is 0 Å². The highest BCUT2D eigenvalue weighted by molar-refractivity contribution is 7.85. The maximum Gasteiger partial charge on any atom is 0.289 e. The molecule has 0 saturated heterocycles. The fourth-order valence-corrected chi connectivity index (χ4v) is 0. The van der Waals surface area contributed by atoms with E-state index in [1.54, 1.807) is 0 Å². The Morgan fingerprint density at radius 1 is 1.43 bits per heavy atom. The van der Waals surface area contributed by atoms with Gasteiger partial charge in [-0.05, 0) is 0 Å². The molecule has 4 nitrogen and oxygen atoms in total. The van der Waals surface area contributed by atoms with E-state index in [0.717, 1.165) is 0 Å². The number of hydrogen-bond acceptors (Lipinski definition) is 3. The van der Waals surface area contributed by atoms with Crippen LogP contribution in [0.2, 0.25) is 0 Å². The average Bonchev–Trinajstić information content (AvgIpc) is 1.35. The molecule has 0 rings (SSSR count). The molecule has 2 N–H and O–H groups in total. The van der Waals surface area contributed by atoms with E-state index in [2.05, 4.69) is 0 Å². The molecule has 0 unspecified atom stereocenters. The largest absolute Gasteiger partial charge is 0.378 e. The van der Waals surface area contributed by atoms with Gasteiger partial charge in [0, 0.05) is 23.1 Å². The van der Waals surface area contributed by atoms with Crippen molar-refractivity contribution in [1.82, 2.24) is 0 Å². The number of hydrogen-bond donors (Lipinski definition) is 2. The molecule has 0 fully saturated rings. The summed E-state index contributed by atoms with van der Waals surface area (Å²) in [6.07, 6.45) is 0. The molecule has 0 heterocycles. The predicted octanol–water partition coefficient (Wildman–Crippen LogP) is -1.56. The zero-order valence-electron chi connectivity index (χ0n) is 3.53. The van der Waals surface area contributed by atoms with Crippen molar-refractivity contribution < 1.29 is 18.1 Å². The SMILES string of the molecule is O=S(=O)(O)CO.[Mg]. The van der Waals surface area contributed by atoms with E-state index < -0.39 is 16.1 Å². The van der Waals surface area contributed by atoms with E-state index in [1.807, 2.05) is 0 Å². The van der Waals surface area contributed by atoms with Gasteiger partial charge in [-0.1, -0.05) is 0 Å². The monoisotopic (exact) mass is 136 g/mol. The minimum absolute atomic E-state index is 0. The Kier molecular flexibility index (Phi) is 5.47. The molecule has 0 spiro atoms. The highest BCUT2D eigenvalue weighted by Crippen LogP contribution is 1.70. The lowest BCUT2D eigenvalue weighted by molar-refractivity contribution is 0.336. The first-order valence-electron chi connectivity index (χ1n) is 1.12. The molecule has 0 aliphatic heterocycles. The van der Waals surface area contributed by atoms with E-state index in [-0.39, 0.29) is 23.1 Å². The van der Waals surface area contributed by atoms with Crippen molar-refractivity contribution in [2.75, 3.05) is 5.94 Å². The normalized spacial score (nSPS) is 10.0. The van der Waals surface area contributed by atoms with Crippen LogP contribution in [0.15, 0.2) is 0 Å². The van der Waals surface area contributed by atoms with E-state index in [9.17, 15) is 8.42 Å². The van der Waals surface area contributed by atoms with Gasteiger partial charge in [-0.2, -0.15) is 8.42 Å². The fraction of sp³-hybridized carbons (Fsp3) is 1.00. The second-order valence-electron chi connectivity index (χ2n) is 0.711. The molecular weight excluding hydrogens is 132 g/mol. The summed E-state index contributed by atoms with van der Waals surface area (Å²) in [5.41, 5.74) is 0. The van der Waals surface area contributed by atoms with Crippen LogP contribution in [0.25, 0.3) is 0 Å². The van der Waals surface area contributed by atoms with Gasteiger partial charge >= 0.3 is 0 Å². The average molecular weight is 136 g/mol. The first-order chi connectivity index (χ1) is 2.56. The second kappa shape index (κ2) is 3.62. The Balaban J connectivity index is 0. The predicted molar refractivity (Wildman–Crippen MR) is 24.4 cm³/mol. The number of rotatable bonds is 1. The third-order valence-corrected chi connectivity index (χ3v) is 0.489. The van der Waals surface area contributed by atoms with Gasteiger partial charge in [0.15, 0.2) is 5.94 Å². The van der Waals surface area contributed by atoms with Crippen LogP contribution in [0.3, 0.4) is 0 Å². The van der Waals surface area contributed by atoms with Crippen LogP contribution < -0.4 is 0 Å². The van der Waals surface area contributed by atoms with Crippen molar-refractivity contribution in [2.24, 2.45) is 0 Å². The van der Waals surface area contributed by atoms with Gasteiger partial charge in [0.05, 0.1) is 0 Å². The van der Waals surface area contributed by atoms with Gasteiger partial charge < -0.3 is 5.11 Å². The molecule has 0 bridgehead atoms. The Hall–Kier alpha value is 0.636. The van der Waals surface area contributed by atoms with E-state index in [0.29, 0.717) is 0 Å². The standard InChI is InChI=1S/CH4O4S.Mg/c2-1-6(3,4)5;/h2H,1H2,(H,3,4,5);. The van der Waals surface area contributed by atoms with E-state index in [1.165, 1.54) is 0 Å². The summed E-state index contributed by atoms with van der Waals surface area (Å²) < 4.78 is 26.2. The molecule has 2 radical (unpaired) electrons. The van der Waals surface area contributed by atoms with Crippen LogP contribution in [-0.4, -0.2) is 47.1 Å². The third-order valence-electron chi connectivity index (χ3n) is 0.163. The molecule has 0 aromatic rings. The first kappa shape index (κ1) is 10.6. The molecule has 6 heteroatoms. The van der Waals surface area contributed by atoms with Crippen LogP contribution >= 0.6 is 0 Å². The molecule has 0 aliphatic rings. The molecule has 0 atom stereocenters. The van der Waals surface area contributed by atoms with E-state index >= 15 is 0 Å². The van der Waals surface area contributed by atoms with Crippen molar-refractivity contribution >= 4 is 33.2 Å². The van der Waals surface area contributed by atoms with Crippen LogP contribution in [0, 0.1) is 0 Å². The van der Waals surface area contributed by atoms with Gasteiger partial charge in [-0.25, -0.2) is 0 Å². The summed E-state index contributed by atoms with van der Waals surface area (Å²) in [5, 5.41) is 7.56. The van der Waals surface area contributed by atoms with Crippen molar-refractivity contribution in [3.05, 3.63) is 0 Å². The van der Waals surface area contributed by atoms with Gasteiger partial charge in [-0.15, -0.1) is 0 Å². The Bertz CT molecular complexity index is 114. The number of aliphatic hydroxyl groups is 1. The molecular formula is CH4MgO4S. The fourth-order valence-electron chi connectivity index (χ4n) is 0. The topological polar surface area (TPSA) is 74.6 Å². The summed E-state index contributed by atoms with van der Waals surface area (Å²) >= 11 is 0. The zero-order valence-corrected chi connectivity index (χ0v) is 5.76. The molecule has 0 amide bonds. The van der Waals surface area contributed by atoms with Crippen LogP contribution in [-0.2, 0) is 10.1 Å². The highest BCUT2D eigenvalue weighted by atomic mass is 32.2. The molecule has 0 saturated carbocycles. The van der Waals surface area contributed by atoms with Crippen LogP contribution in [0.5, 0.6) is 0 Å². The molecule has 0 aromatic carbocycles. The lowest BCUT2D eigenvalue weighted by atomic mass is 11.7. The highest BCUT2D eigenvalue weighted by Gasteiger charge is 1.95. The van der Waals surface area contributed by atoms with Gasteiger partial charge in [0.1, 0.15) is 0 Å². The quantitative estimate of drug-likeness (QED) is 0.338. The van der Waals surface area contributed by atoms with Crippen molar-refractivity contribution in [2.45, 2.75) is 0 Å². The summed E-state index contributed by atoms with van der Waals surface area (Å²) in [6, 6.07) is 0. The lowest BCUT2D eigenvalue weighted by Gasteiger charge is -1.79. The van der Waals surface area contributed by atoms with Crippen LogP contribution in [0.1, 0.15) is 0 Å². The van der Waals surface area contributed by atoms with Crippen molar-refractivity contribution in [3.8, 4) is 0 Å². The summed E-state index contributed by atoms with van der Waals surface area (Å²) in [4.78, 5) is 0. The number of aliphatic hydroxyl groups excluding tert-OH is 1. The zero-order chi connectivity index (χ0) is 5.21. The van der Waals surface area contributed by atoms with Crippen LogP contribution in [0.4, 0.5) is 0 Å². The maximum atomic E-state index is 9.31. The van der Waals surface area contributed by atoms with Crippen molar-refractivity contribution in [3.63, 3.8) is 0 Å². The second-order valence-corrected chi connectivity index (χ2v) is 2.13. The third kappa shape index (κ3) is 10.8. The summed E-state index contributed by atoms with van der Waals surface area (Å²) in [7, 11) is -4.11. The maximum absolute atomic E-state index is 9.31. The molecule has 7 heavy (non-hydrogen) atoms. The van der Waals surface area contributed by atoms with E-state index in [4.69, 9.17) is 9.66 Å². The Morgan fingerprint density at radius 2 is 1.57 bits per heavy atom. The van der Waals surface area contributed by atoms with Gasteiger partial charge in [-0.3, -0.25) is 4.55 Å².